The van der Waals surface area contributed by atoms with Crippen molar-refractivity contribution in [2.75, 3.05) is 6.61 Å². The molecule has 0 amide bonds. The lowest BCUT2D eigenvalue weighted by atomic mass is 10.1. The van der Waals surface area contributed by atoms with Gasteiger partial charge < -0.3 is 14.6 Å². The number of aliphatic hydroxyl groups excluding tert-OH is 1. The highest BCUT2D eigenvalue weighted by atomic mass is 35.5. The van der Waals surface area contributed by atoms with Crippen molar-refractivity contribution in [2.45, 2.75) is 45.0 Å². The van der Waals surface area contributed by atoms with E-state index in [1.807, 2.05) is 0 Å². The Kier molecular flexibility index (Phi) is 4.15. The first-order valence-corrected chi connectivity index (χ1v) is 6.58. The van der Waals surface area contributed by atoms with Gasteiger partial charge in [-0.25, -0.2) is 0 Å². The summed E-state index contributed by atoms with van der Waals surface area (Å²) in [6.07, 6.45) is 2.13. The summed E-state index contributed by atoms with van der Waals surface area (Å²) in [6, 6.07) is 5.37. The maximum Gasteiger partial charge on any atom is 0.143 e. The molecule has 0 saturated carbocycles. The van der Waals surface area contributed by atoms with Crippen molar-refractivity contribution in [1.29, 1.82) is 0 Å². The second kappa shape index (κ2) is 5.47. The van der Waals surface area contributed by atoms with E-state index < -0.39 is 0 Å². The lowest BCUT2D eigenvalue weighted by Gasteiger charge is -2.20. The zero-order valence-electron chi connectivity index (χ0n) is 10.8. The first-order valence-electron chi connectivity index (χ1n) is 6.21. The van der Waals surface area contributed by atoms with Gasteiger partial charge in [-0.3, -0.25) is 0 Å². The van der Waals surface area contributed by atoms with Crippen molar-refractivity contribution in [2.24, 2.45) is 0 Å². The molecule has 2 rings (SSSR count). The van der Waals surface area contributed by atoms with Crippen molar-refractivity contribution in [3.05, 3.63) is 28.8 Å². The number of benzene rings is 1. The molecule has 3 nitrogen and oxygen atoms in total. The van der Waals surface area contributed by atoms with Crippen LogP contribution in [-0.4, -0.2) is 23.4 Å². The fourth-order valence-corrected chi connectivity index (χ4v) is 2.46. The molecule has 0 spiro atoms. The molecule has 0 aliphatic carbocycles. The van der Waals surface area contributed by atoms with Gasteiger partial charge in [0.1, 0.15) is 12.4 Å². The first-order chi connectivity index (χ1) is 8.52. The summed E-state index contributed by atoms with van der Waals surface area (Å²) in [5, 5.41) is 9.77. The molecule has 0 bridgehead atoms. The monoisotopic (exact) mass is 270 g/mol. The van der Waals surface area contributed by atoms with Gasteiger partial charge in [0.05, 0.1) is 23.3 Å². The molecule has 1 aliphatic rings. The van der Waals surface area contributed by atoms with Crippen molar-refractivity contribution < 1.29 is 14.6 Å². The van der Waals surface area contributed by atoms with Crippen LogP contribution in [0.25, 0.3) is 0 Å². The number of ether oxygens (including phenoxy) is 2. The average molecular weight is 271 g/mol. The van der Waals surface area contributed by atoms with E-state index in [-0.39, 0.29) is 18.3 Å². The minimum Gasteiger partial charge on any atom is -0.489 e. The molecule has 100 valence electrons. The van der Waals surface area contributed by atoms with Crippen LogP contribution in [0.4, 0.5) is 0 Å². The molecule has 1 aromatic rings. The van der Waals surface area contributed by atoms with Gasteiger partial charge in [0.15, 0.2) is 0 Å². The van der Waals surface area contributed by atoms with E-state index in [1.54, 1.807) is 18.2 Å². The van der Waals surface area contributed by atoms with E-state index in [0.717, 1.165) is 12.8 Å². The molecule has 1 unspecified atom stereocenters. The zero-order chi connectivity index (χ0) is 13.2. The van der Waals surface area contributed by atoms with E-state index in [9.17, 15) is 5.11 Å². The lowest BCUT2D eigenvalue weighted by molar-refractivity contribution is -0.0328. The maximum atomic E-state index is 9.25. The predicted molar refractivity (Wildman–Crippen MR) is 71.1 cm³/mol. The fourth-order valence-electron chi connectivity index (χ4n) is 2.21. The largest absolute Gasteiger partial charge is 0.489 e. The van der Waals surface area contributed by atoms with Crippen LogP contribution in [0.2, 0.25) is 5.02 Å². The topological polar surface area (TPSA) is 38.7 Å². The van der Waals surface area contributed by atoms with Crippen molar-refractivity contribution >= 4 is 11.6 Å². The van der Waals surface area contributed by atoms with Crippen LogP contribution in [0.1, 0.15) is 32.3 Å². The Morgan fingerprint density at radius 3 is 2.89 bits per heavy atom. The lowest BCUT2D eigenvalue weighted by Crippen LogP contribution is -2.24. The summed E-state index contributed by atoms with van der Waals surface area (Å²) in [6.45, 7) is 4.57. The molecule has 1 heterocycles. The zero-order valence-corrected chi connectivity index (χ0v) is 11.5. The summed E-state index contributed by atoms with van der Waals surface area (Å²) in [4.78, 5) is 0. The third-order valence-electron chi connectivity index (χ3n) is 3.19. The summed E-state index contributed by atoms with van der Waals surface area (Å²) in [5.74, 6) is 0.565. The molecular weight excluding hydrogens is 252 g/mol. The van der Waals surface area contributed by atoms with Gasteiger partial charge in [0.2, 0.25) is 0 Å². The summed E-state index contributed by atoms with van der Waals surface area (Å²) in [5.41, 5.74) is 0.647. The highest BCUT2D eigenvalue weighted by Crippen LogP contribution is 2.32. The molecule has 1 aromatic carbocycles. The molecule has 1 saturated heterocycles. The van der Waals surface area contributed by atoms with E-state index in [4.69, 9.17) is 21.1 Å². The minimum atomic E-state index is -0.0765. The van der Waals surface area contributed by atoms with Crippen LogP contribution in [0.5, 0.6) is 5.75 Å². The number of hydrogen-bond donors (Lipinski definition) is 1. The molecule has 1 atom stereocenters. The highest BCUT2D eigenvalue weighted by molar-refractivity contribution is 6.32. The third kappa shape index (κ3) is 3.16. The Morgan fingerprint density at radius 1 is 1.50 bits per heavy atom. The Hall–Kier alpha value is -0.770. The van der Waals surface area contributed by atoms with E-state index in [0.29, 0.717) is 22.9 Å². The van der Waals surface area contributed by atoms with Crippen molar-refractivity contribution in [3.63, 3.8) is 0 Å². The molecule has 4 heteroatoms. The number of halogens is 1. The van der Waals surface area contributed by atoms with Crippen LogP contribution in [0.15, 0.2) is 18.2 Å². The second-order valence-electron chi connectivity index (χ2n) is 5.24. The van der Waals surface area contributed by atoms with Crippen LogP contribution in [0.3, 0.4) is 0 Å². The Labute approximate surface area is 113 Å². The Balaban J connectivity index is 1.98. The minimum absolute atomic E-state index is 0.0612. The molecular formula is C14H19ClO3. The Morgan fingerprint density at radius 2 is 2.28 bits per heavy atom. The Bertz CT molecular complexity index is 418. The maximum absolute atomic E-state index is 9.25. The van der Waals surface area contributed by atoms with Gasteiger partial charge in [-0.1, -0.05) is 23.7 Å². The number of aliphatic hydroxyl groups is 1. The normalized spacial score (nSPS) is 22.1. The number of para-hydroxylation sites is 1. The molecule has 18 heavy (non-hydrogen) atoms. The quantitative estimate of drug-likeness (QED) is 0.913. The van der Waals surface area contributed by atoms with Crippen LogP contribution >= 0.6 is 11.6 Å². The molecule has 1 fully saturated rings. The van der Waals surface area contributed by atoms with E-state index >= 15 is 0 Å². The van der Waals surface area contributed by atoms with Crippen molar-refractivity contribution in [3.8, 4) is 5.75 Å². The van der Waals surface area contributed by atoms with Gasteiger partial charge in [-0.15, -0.1) is 0 Å². The molecule has 0 aromatic heterocycles. The van der Waals surface area contributed by atoms with Gasteiger partial charge >= 0.3 is 0 Å². The van der Waals surface area contributed by atoms with E-state index in [2.05, 4.69) is 13.8 Å². The van der Waals surface area contributed by atoms with Crippen LogP contribution < -0.4 is 4.74 Å². The molecule has 1 N–H and O–H groups in total. The van der Waals surface area contributed by atoms with E-state index in [1.165, 1.54) is 0 Å². The summed E-state index contributed by atoms with van der Waals surface area (Å²) >= 11 is 6.07. The first kappa shape index (κ1) is 13.7. The highest BCUT2D eigenvalue weighted by Gasteiger charge is 2.32. The van der Waals surface area contributed by atoms with Gasteiger partial charge in [-0.05, 0) is 32.8 Å². The standard InChI is InChI=1S/C14H19ClO3/c1-14(2)7-6-11(18-14)9-17-13-10(8-16)4-3-5-12(13)15/h3-5,11,16H,6-9H2,1-2H3. The molecule has 0 radical (unpaired) electrons. The summed E-state index contributed by atoms with van der Waals surface area (Å²) in [7, 11) is 0. The average Bonchev–Trinajstić information content (AvgIpc) is 2.67. The van der Waals surface area contributed by atoms with Crippen molar-refractivity contribution in [1.82, 2.24) is 0 Å². The van der Waals surface area contributed by atoms with Gasteiger partial charge in [0.25, 0.3) is 0 Å². The summed E-state index contributed by atoms with van der Waals surface area (Å²) < 4.78 is 11.6. The predicted octanol–water partition coefficient (Wildman–Crippen LogP) is 3.17. The van der Waals surface area contributed by atoms with Crippen LogP contribution in [-0.2, 0) is 11.3 Å². The third-order valence-corrected chi connectivity index (χ3v) is 3.48. The number of rotatable bonds is 4. The smallest absolute Gasteiger partial charge is 0.143 e. The van der Waals surface area contributed by atoms with Crippen LogP contribution in [0, 0.1) is 0 Å². The van der Waals surface area contributed by atoms with Gasteiger partial charge in [-0.2, -0.15) is 0 Å². The SMILES string of the molecule is CC1(C)CCC(COc2c(Cl)cccc2CO)O1. The molecule has 1 aliphatic heterocycles. The number of hydrogen-bond acceptors (Lipinski definition) is 3. The van der Waals surface area contributed by atoms with Gasteiger partial charge in [0, 0.05) is 5.56 Å². The second-order valence-corrected chi connectivity index (χ2v) is 5.64. The fraction of sp³-hybridized carbons (Fsp3) is 0.571.